The van der Waals surface area contributed by atoms with Crippen molar-refractivity contribution in [3.63, 3.8) is 0 Å². The number of hydrogen-bond donors (Lipinski definition) is 2. The summed E-state index contributed by atoms with van der Waals surface area (Å²) in [7, 11) is 0. The van der Waals surface area contributed by atoms with E-state index in [2.05, 4.69) is 4.98 Å². The molecule has 5 heteroatoms. The van der Waals surface area contributed by atoms with Gasteiger partial charge in [0.1, 0.15) is 5.82 Å². The first kappa shape index (κ1) is 11.6. The van der Waals surface area contributed by atoms with E-state index in [-0.39, 0.29) is 0 Å². The lowest BCUT2D eigenvalue weighted by atomic mass is 9.97. The standard InChI is InChI=1S/C11H15ClN2O2/c12-8-4-9(11(13)14-5-8)10(15)3-7-1-2-16-6-7/h4-5,7,10,15H,1-3,6H2,(H2,13,14). The minimum Gasteiger partial charge on any atom is -0.388 e. The van der Waals surface area contributed by atoms with Crippen LogP contribution in [0.25, 0.3) is 0 Å². The summed E-state index contributed by atoms with van der Waals surface area (Å²) in [5, 5.41) is 10.5. The number of aromatic nitrogens is 1. The van der Waals surface area contributed by atoms with Gasteiger partial charge in [-0.05, 0) is 24.8 Å². The minimum absolute atomic E-state index is 0.343. The Morgan fingerprint density at radius 3 is 3.19 bits per heavy atom. The Balaban J connectivity index is 2.07. The highest BCUT2D eigenvalue weighted by molar-refractivity contribution is 6.30. The Hall–Kier alpha value is -0.840. The number of pyridine rings is 1. The minimum atomic E-state index is -0.613. The molecular weight excluding hydrogens is 228 g/mol. The topological polar surface area (TPSA) is 68.4 Å². The SMILES string of the molecule is Nc1ncc(Cl)cc1C(O)CC1CCOC1. The van der Waals surface area contributed by atoms with E-state index in [0.717, 1.165) is 13.0 Å². The number of nitrogens with zero attached hydrogens (tertiary/aromatic N) is 1. The van der Waals surface area contributed by atoms with E-state index in [1.165, 1.54) is 6.20 Å². The predicted octanol–water partition coefficient (Wildman–Crippen LogP) is 1.78. The summed E-state index contributed by atoms with van der Waals surface area (Å²) in [5.41, 5.74) is 6.31. The third-order valence-electron chi connectivity index (χ3n) is 2.86. The summed E-state index contributed by atoms with van der Waals surface area (Å²) < 4.78 is 5.26. The van der Waals surface area contributed by atoms with E-state index in [4.69, 9.17) is 22.1 Å². The predicted molar refractivity (Wildman–Crippen MR) is 62.2 cm³/mol. The zero-order chi connectivity index (χ0) is 11.5. The molecule has 0 bridgehead atoms. The Bertz CT molecular complexity index is 367. The van der Waals surface area contributed by atoms with Crippen molar-refractivity contribution in [2.45, 2.75) is 18.9 Å². The molecule has 88 valence electrons. The fourth-order valence-corrected chi connectivity index (χ4v) is 2.11. The molecule has 1 aliphatic rings. The van der Waals surface area contributed by atoms with E-state index in [1.54, 1.807) is 6.07 Å². The molecule has 2 rings (SSSR count). The van der Waals surface area contributed by atoms with Gasteiger partial charge < -0.3 is 15.6 Å². The highest BCUT2D eigenvalue weighted by atomic mass is 35.5. The van der Waals surface area contributed by atoms with E-state index in [1.807, 2.05) is 0 Å². The summed E-state index contributed by atoms with van der Waals surface area (Å²) in [6.07, 6.45) is 2.50. The third kappa shape index (κ3) is 2.64. The van der Waals surface area contributed by atoms with Crippen LogP contribution in [-0.4, -0.2) is 23.3 Å². The lowest BCUT2D eigenvalue weighted by molar-refractivity contribution is 0.130. The van der Waals surface area contributed by atoms with E-state index >= 15 is 0 Å². The van der Waals surface area contributed by atoms with Crippen LogP contribution in [0.15, 0.2) is 12.3 Å². The van der Waals surface area contributed by atoms with Gasteiger partial charge in [0.15, 0.2) is 0 Å². The van der Waals surface area contributed by atoms with E-state index in [9.17, 15) is 5.11 Å². The molecule has 3 N–H and O–H groups in total. The number of halogens is 1. The number of ether oxygens (including phenoxy) is 1. The Morgan fingerprint density at radius 1 is 1.69 bits per heavy atom. The lowest BCUT2D eigenvalue weighted by Gasteiger charge is -2.16. The second kappa shape index (κ2) is 4.99. The van der Waals surface area contributed by atoms with Crippen molar-refractivity contribution in [1.29, 1.82) is 0 Å². The molecular formula is C11H15ClN2O2. The summed E-state index contributed by atoms with van der Waals surface area (Å²) in [5.74, 6) is 0.740. The molecule has 0 radical (unpaired) electrons. The van der Waals surface area contributed by atoms with Gasteiger partial charge in [-0.3, -0.25) is 0 Å². The number of rotatable bonds is 3. The second-order valence-corrected chi connectivity index (χ2v) is 4.55. The number of nitrogens with two attached hydrogens (primary N) is 1. The molecule has 16 heavy (non-hydrogen) atoms. The molecule has 1 saturated heterocycles. The lowest BCUT2D eigenvalue weighted by Crippen LogP contribution is -2.10. The third-order valence-corrected chi connectivity index (χ3v) is 3.06. The average molecular weight is 243 g/mol. The number of anilines is 1. The van der Waals surface area contributed by atoms with Crippen LogP contribution in [0, 0.1) is 5.92 Å². The van der Waals surface area contributed by atoms with Crippen LogP contribution in [0.5, 0.6) is 0 Å². The van der Waals surface area contributed by atoms with Crippen molar-refractivity contribution in [3.8, 4) is 0 Å². The first-order valence-corrected chi connectivity index (χ1v) is 5.71. The van der Waals surface area contributed by atoms with Crippen molar-refractivity contribution in [3.05, 3.63) is 22.8 Å². The molecule has 4 nitrogen and oxygen atoms in total. The fourth-order valence-electron chi connectivity index (χ4n) is 1.94. The van der Waals surface area contributed by atoms with Gasteiger partial charge in [0.25, 0.3) is 0 Å². The normalized spacial score (nSPS) is 22.2. The monoisotopic (exact) mass is 242 g/mol. The highest BCUT2D eigenvalue weighted by Gasteiger charge is 2.22. The number of nitrogen functional groups attached to an aromatic ring is 1. The molecule has 0 amide bonds. The zero-order valence-electron chi connectivity index (χ0n) is 8.90. The average Bonchev–Trinajstić information content (AvgIpc) is 2.74. The number of aliphatic hydroxyl groups excluding tert-OH is 1. The van der Waals surface area contributed by atoms with Crippen molar-refractivity contribution in [1.82, 2.24) is 4.98 Å². The van der Waals surface area contributed by atoms with Gasteiger partial charge in [-0.2, -0.15) is 0 Å². The van der Waals surface area contributed by atoms with E-state index in [0.29, 0.717) is 35.3 Å². The summed E-state index contributed by atoms with van der Waals surface area (Å²) in [6.45, 7) is 1.49. The quantitative estimate of drug-likeness (QED) is 0.848. The van der Waals surface area contributed by atoms with Gasteiger partial charge in [-0.25, -0.2) is 4.98 Å². The molecule has 2 atom stereocenters. The molecule has 0 saturated carbocycles. The molecule has 0 aliphatic carbocycles. The summed E-state index contributed by atoms with van der Waals surface area (Å²) >= 11 is 5.82. The highest BCUT2D eigenvalue weighted by Crippen LogP contribution is 2.29. The van der Waals surface area contributed by atoms with Crippen LogP contribution in [0.4, 0.5) is 5.82 Å². The molecule has 1 fully saturated rings. The Morgan fingerprint density at radius 2 is 2.50 bits per heavy atom. The van der Waals surface area contributed by atoms with Gasteiger partial charge in [0.2, 0.25) is 0 Å². The molecule has 0 aromatic carbocycles. The van der Waals surface area contributed by atoms with Crippen molar-refractivity contribution < 1.29 is 9.84 Å². The molecule has 0 spiro atoms. The first-order chi connectivity index (χ1) is 7.66. The largest absolute Gasteiger partial charge is 0.388 e. The summed E-state index contributed by atoms with van der Waals surface area (Å²) in [4.78, 5) is 3.93. The Kier molecular flexibility index (Phi) is 3.63. The van der Waals surface area contributed by atoms with Gasteiger partial charge in [-0.1, -0.05) is 11.6 Å². The van der Waals surface area contributed by atoms with Crippen LogP contribution >= 0.6 is 11.6 Å². The Labute approximate surface area is 99.4 Å². The van der Waals surface area contributed by atoms with Crippen LogP contribution in [0.3, 0.4) is 0 Å². The van der Waals surface area contributed by atoms with Gasteiger partial charge in [0, 0.05) is 25.0 Å². The number of aliphatic hydroxyl groups is 1. The first-order valence-electron chi connectivity index (χ1n) is 5.33. The molecule has 1 aromatic rings. The van der Waals surface area contributed by atoms with Crippen LogP contribution in [0.2, 0.25) is 5.02 Å². The van der Waals surface area contributed by atoms with E-state index < -0.39 is 6.10 Å². The zero-order valence-corrected chi connectivity index (χ0v) is 9.65. The van der Waals surface area contributed by atoms with Crippen LogP contribution in [0.1, 0.15) is 24.5 Å². The van der Waals surface area contributed by atoms with Crippen molar-refractivity contribution >= 4 is 17.4 Å². The number of hydrogen-bond acceptors (Lipinski definition) is 4. The maximum absolute atomic E-state index is 10.1. The van der Waals surface area contributed by atoms with Crippen LogP contribution < -0.4 is 5.73 Å². The smallest absolute Gasteiger partial charge is 0.129 e. The maximum Gasteiger partial charge on any atom is 0.129 e. The fraction of sp³-hybridized carbons (Fsp3) is 0.545. The summed E-state index contributed by atoms with van der Waals surface area (Å²) in [6, 6.07) is 1.67. The van der Waals surface area contributed by atoms with Crippen molar-refractivity contribution in [2.24, 2.45) is 5.92 Å². The molecule has 1 aliphatic heterocycles. The van der Waals surface area contributed by atoms with Crippen LogP contribution in [-0.2, 0) is 4.74 Å². The van der Waals surface area contributed by atoms with Gasteiger partial charge >= 0.3 is 0 Å². The van der Waals surface area contributed by atoms with Crippen molar-refractivity contribution in [2.75, 3.05) is 18.9 Å². The maximum atomic E-state index is 10.1. The molecule has 1 aromatic heterocycles. The van der Waals surface area contributed by atoms with Gasteiger partial charge in [-0.15, -0.1) is 0 Å². The van der Waals surface area contributed by atoms with Gasteiger partial charge in [0.05, 0.1) is 11.1 Å². The molecule has 2 unspecified atom stereocenters. The second-order valence-electron chi connectivity index (χ2n) is 4.11. The molecule has 2 heterocycles.